The molecule has 0 saturated carbocycles. The van der Waals surface area contributed by atoms with Gasteiger partial charge in [-0.2, -0.15) is 0 Å². The molecule has 1 heterocycles. The number of rotatable bonds is 2. The summed E-state index contributed by atoms with van der Waals surface area (Å²) in [6, 6.07) is 8.62. The fraction of sp³-hybridized carbons (Fsp3) is 0.133. The Morgan fingerprint density at radius 1 is 0.952 bits per heavy atom. The van der Waals surface area contributed by atoms with Crippen molar-refractivity contribution >= 4 is 49.2 Å². The van der Waals surface area contributed by atoms with Gasteiger partial charge >= 0.3 is 0 Å². The molecule has 0 unspecified atom stereocenters. The van der Waals surface area contributed by atoms with Crippen molar-refractivity contribution in [2.75, 3.05) is 13.2 Å². The zero-order valence-electron chi connectivity index (χ0n) is 10.7. The summed E-state index contributed by atoms with van der Waals surface area (Å²) in [6.07, 6.45) is 0. The van der Waals surface area contributed by atoms with E-state index in [2.05, 4.69) is 31.9 Å². The average Bonchev–Trinajstić information content (AvgIpc) is 2.44. The molecule has 3 rings (SSSR count). The first-order chi connectivity index (χ1) is 10.0. The summed E-state index contributed by atoms with van der Waals surface area (Å²) in [5.74, 6) is 0.945. The highest BCUT2D eigenvalue weighted by molar-refractivity contribution is 9.11. The summed E-state index contributed by atoms with van der Waals surface area (Å²) < 4.78 is 12.6. The van der Waals surface area contributed by atoms with Crippen molar-refractivity contribution in [3.63, 3.8) is 0 Å². The highest BCUT2D eigenvalue weighted by atomic mass is 79.9. The Balaban J connectivity index is 2.05. The predicted octanol–water partition coefficient (Wildman–Crippen LogP) is 4.87. The minimum absolute atomic E-state index is 0.168. The van der Waals surface area contributed by atoms with Gasteiger partial charge in [0.15, 0.2) is 17.3 Å². The van der Waals surface area contributed by atoms with E-state index in [0.29, 0.717) is 40.9 Å². The Morgan fingerprint density at radius 2 is 1.52 bits per heavy atom. The molecule has 2 aromatic rings. The highest BCUT2D eigenvalue weighted by Gasteiger charge is 2.20. The van der Waals surface area contributed by atoms with Crippen molar-refractivity contribution in [2.24, 2.45) is 0 Å². The number of hydrogen-bond donors (Lipinski definition) is 0. The van der Waals surface area contributed by atoms with Crippen LogP contribution >= 0.6 is 43.5 Å². The van der Waals surface area contributed by atoms with Gasteiger partial charge in [0.25, 0.3) is 0 Å². The number of ether oxygens (including phenoxy) is 2. The molecule has 0 N–H and O–H groups in total. The maximum atomic E-state index is 12.6. The summed E-state index contributed by atoms with van der Waals surface area (Å²) in [5.41, 5.74) is 0.931. The molecule has 0 radical (unpaired) electrons. The van der Waals surface area contributed by atoms with Crippen LogP contribution < -0.4 is 9.47 Å². The van der Waals surface area contributed by atoms with Crippen LogP contribution in [0.15, 0.2) is 39.3 Å². The van der Waals surface area contributed by atoms with Gasteiger partial charge in [0.05, 0.1) is 5.02 Å². The minimum Gasteiger partial charge on any atom is -0.486 e. The van der Waals surface area contributed by atoms with Gasteiger partial charge in [-0.1, -0.05) is 43.5 Å². The van der Waals surface area contributed by atoms with Crippen LogP contribution in [0.25, 0.3) is 0 Å². The summed E-state index contributed by atoms with van der Waals surface area (Å²) in [7, 11) is 0. The van der Waals surface area contributed by atoms with E-state index in [1.165, 1.54) is 0 Å². The lowest BCUT2D eigenvalue weighted by Crippen LogP contribution is -2.16. The van der Waals surface area contributed by atoms with E-state index in [-0.39, 0.29) is 5.78 Å². The first kappa shape index (κ1) is 14.9. The van der Waals surface area contributed by atoms with E-state index in [4.69, 9.17) is 21.1 Å². The Bertz CT molecular complexity index is 711. The second kappa shape index (κ2) is 5.99. The normalized spacial score (nSPS) is 13.1. The molecule has 0 aromatic heterocycles. The fourth-order valence-corrected chi connectivity index (χ4v) is 3.61. The molecule has 0 fully saturated rings. The lowest BCUT2D eigenvalue weighted by molar-refractivity contribution is 0.103. The summed E-state index contributed by atoms with van der Waals surface area (Å²) in [5, 5.41) is 0.348. The Kier molecular flexibility index (Phi) is 4.24. The van der Waals surface area contributed by atoms with Gasteiger partial charge in [0, 0.05) is 26.1 Å². The first-order valence-corrected chi connectivity index (χ1v) is 8.11. The van der Waals surface area contributed by atoms with Gasteiger partial charge in [0.2, 0.25) is 0 Å². The van der Waals surface area contributed by atoms with E-state index in [0.717, 1.165) is 8.95 Å². The average molecular weight is 432 g/mol. The SMILES string of the molecule is O=C(c1cc(Br)cc(Br)c1)c1cc2c(cc1Cl)OCCO2. The molecule has 0 spiro atoms. The topological polar surface area (TPSA) is 35.5 Å². The van der Waals surface area contributed by atoms with Crippen LogP contribution in [0.5, 0.6) is 11.5 Å². The van der Waals surface area contributed by atoms with E-state index in [9.17, 15) is 4.79 Å². The van der Waals surface area contributed by atoms with Gasteiger partial charge in [-0.05, 0) is 24.3 Å². The molecule has 2 aromatic carbocycles. The fourth-order valence-electron chi connectivity index (χ4n) is 2.08. The van der Waals surface area contributed by atoms with Crippen LogP contribution in [-0.4, -0.2) is 19.0 Å². The first-order valence-electron chi connectivity index (χ1n) is 6.14. The van der Waals surface area contributed by atoms with Gasteiger partial charge in [-0.3, -0.25) is 4.79 Å². The van der Waals surface area contributed by atoms with Crippen molar-refractivity contribution in [1.29, 1.82) is 0 Å². The van der Waals surface area contributed by atoms with Gasteiger partial charge in [-0.15, -0.1) is 0 Å². The van der Waals surface area contributed by atoms with Gasteiger partial charge in [0.1, 0.15) is 13.2 Å². The molecule has 0 atom stereocenters. The van der Waals surface area contributed by atoms with Crippen LogP contribution in [0.1, 0.15) is 15.9 Å². The van der Waals surface area contributed by atoms with Crippen LogP contribution in [0.2, 0.25) is 5.02 Å². The molecule has 108 valence electrons. The smallest absolute Gasteiger partial charge is 0.194 e. The molecule has 0 saturated heterocycles. The predicted molar refractivity (Wildman–Crippen MR) is 87.7 cm³/mol. The third kappa shape index (κ3) is 3.10. The Morgan fingerprint density at radius 3 is 2.14 bits per heavy atom. The molecule has 3 nitrogen and oxygen atoms in total. The molecular weight excluding hydrogens is 423 g/mol. The third-order valence-corrected chi connectivity index (χ3v) is 4.23. The number of ketones is 1. The molecular formula is C15H9Br2ClO3. The van der Waals surface area contributed by atoms with Gasteiger partial charge in [-0.25, -0.2) is 0 Å². The van der Waals surface area contributed by atoms with Crippen LogP contribution in [-0.2, 0) is 0 Å². The van der Waals surface area contributed by atoms with E-state index in [1.807, 2.05) is 6.07 Å². The van der Waals surface area contributed by atoms with Crippen molar-refractivity contribution in [3.8, 4) is 11.5 Å². The number of carbonyl (C=O) groups is 1. The zero-order chi connectivity index (χ0) is 15.0. The summed E-state index contributed by atoms with van der Waals surface area (Å²) >= 11 is 13.0. The van der Waals surface area contributed by atoms with Gasteiger partial charge < -0.3 is 9.47 Å². The monoisotopic (exact) mass is 430 g/mol. The quantitative estimate of drug-likeness (QED) is 0.636. The number of halogens is 3. The maximum absolute atomic E-state index is 12.6. The number of carbonyl (C=O) groups excluding carboxylic acids is 1. The largest absolute Gasteiger partial charge is 0.486 e. The van der Waals surface area contributed by atoms with E-state index >= 15 is 0 Å². The molecule has 1 aliphatic heterocycles. The van der Waals surface area contributed by atoms with E-state index in [1.54, 1.807) is 24.3 Å². The minimum atomic E-state index is -0.168. The Hall–Kier alpha value is -1.04. The molecule has 21 heavy (non-hydrogen) atoms. The zero-order valence-corrected chi connectivity index (χ0v) is 14.6. The molecule has 0 amide bonds. The van der Waals surface area contributed by atoms with Crippen LogP contribution in [0, 0.1) is 0 Å². The maximum Gasteiger partial charge on any atom is 0.194 e. The van der Waals surface area contributed by atoms with Crippen molar-refractivity contribution in [1.82, 2.24) is 0 Å². The summed E-state index contributed by atoms with van der Waals surface area (Å²) in [6.45, 7) is 0.944. The molecule has 0 bridgehead atoms. The molecule has 6 heteroatoms. The molecule has 0 aliphatic carbocycles. The Labute approximate surface area is 143 Å². The van der Waals surface area contributed by atoms with Crippen LogP contribution in [0.4, 0.5) is 0 Å². The number of benzene rings is 2. The van der Waals surface area contributed by atoms with E-state index < -0.39 is 0 Å². The lowest BCUT2D eigenvalue weighted by Gasteiger charge is -2.19. The number of hydrogen-bond acceptors (Lipinski definition) is 3. The number of fused-ring (bicyclic) bond motifs is 1. The summed E-state index contributed by atoms with van der Waals surface area (Å²) in [4.78, 5) is 12.6. The van der Waals surface area contributed by atoms with Crippen molar-refractivity contribution < 1.29 is 14.3 Å². The second-order valence-corrected chi connectivity index (χ2v) is 6.70. The third-order valence-electron chi connectivity index (χ3n) is 3.00. The van der Waals surface area contributed by atoms with Crippen molar-refractivity contribution in [3.05, 3.63) is 55.4 Å². The lowest BCUT2D eigenvalue weighted by atomic mass is 10.0. The highest BCUT2D eigenvalue weighted by Crippen LogP contribution is 2.36. The van der Waals surface area contributed by atoms with Crippen molar-refractivity contribution in [2.45, 2.75) is 0 Å². The standard InChI is InChI=1S/C15H9Br2ClO3/c16-9-3-8(4-10(17)5-9)15(19)11-6-13-14(7-12(11)18)21-2-1-20-13/h3-7H,1-2H2. The second-order valence-electron chi connectivity index (χ2n) is 4.46. The molecule has 1 aliphatic rings. The van der Waals surface area contributed by atoms with Crippen LogP contribution in [0.3, 0.4) is 0 Å².